The van der Waals surface area contributed by atoms with Crippen LogP contribution in [-0.4, -0.2) is 19.3 Å². The van der Waals surface area contributed by atoms with Crippen LogP contribution in [0.2, 0.25) is 5.02 Å². The minimum absolute atomic E-state index is 0.159. The quantitative estimate of drug-likeness (QED) is 0.784. The number of halogens is 1. The van der Waals surface area contributed by atoms with E-state index in [1.54, 1.807) is 30.1 Å². The van der Waals surface area contributed by atoms with Crippen LogP contribution in [0.15, 0.2) is 29.3 Å². The summed E-state index contributed by atoms with van der Waals surface area (Å²) in [6, 6.07) is 3.11. The Morgan fingerprint density at radius 3 is 2.64 bits per heavy atom. The van der Waals surface area contributed by atoms with Gasteiger partial charge in [0.05, 0.1) is 22.7 Å². The highest BCUT2D eigenvalue weighted by Crippen LogP contribution is 2.26. The van der Waals surface area contributed by atoms with Crippen molar-refractivity contribution in [2.45, 2.75) is 13.0 Å². The second-order valence-electron chi connectivity index (χ2n) is 5.38. The van der Waals surface area contributed by atoms with Crippen molar-refractivity contribution in [1.29, 1.82) is 0 Å². The first-order valence-corrected chi connectivity index (χ1v) is 7.21. The number of benzene rings is 1. The molecule has 7 heteroatoms. The van der Waals surface area contributed by atoms with E-state index in [2.05, 4.69) is 10.1 Å². The summed E-state index contributed by atoms with van der Waals surface area (Å²) in [5, 5.41) is 5.08. The van der Waals surface area contributed by atoms with Crippen molar-refractivity contribution < 1.29 is 0 Å². The molecule has 2 heterocycles. The van der Waals surface area contributed by atoms with E-state index in [9.17, 15) is 4.79 Å². The zero-order valence-corrected chi connectivity index (χ0v) is 13.3. The smallest absolute Gasteiger partial charge is 0.261 e. The first kappa shape index (κ1) is 14.7. The lowest BCUT2D eigenvalue weighted by Gasteiger charge is -2.13. The molecule has 2 aromatic heterocycles. The minimum Gasteiger partial charge on any atom is -0.324 e. The fourth-order valence-electron chi connectivity index (χ4n) is 2.51. The van der Waals surface area contributed by atoms with Gasteiger partial charge in [0.25, 0.3) is 5.56 Å². The molecule has 0 saturated carbocycles. The topological polar surface area (TPSA) is 78.7 Å². The molecule has 0 aliphatic carbocycles. The molecule has 0 radical (unpaired) electrons. The number of aryl methyl sites for hydroxylation is 1. The predicted molar refractivity (Wildman–Crippen MR) is 86.8 cm³/mol. The molecule has 1 aromatic carbocycles. The second-order valence-corrected chi connectivity index (χ2v) is 5.82. The van der Waals surface area contributed by atoms with Gasteiger partial charge in [0, 0.05) is 31.4 Å². The van der Waals surface area contributed by atoms with E-state index in [1.807, 2.05) is 20.2 Å². The van der Waals surface area contributed by atoms with Gasteiger partial charge in [0.2, 0.25) is 0 Å². The molecule has 1 unspecified atom stereocenters. The van der Waals surface area contributed by atoms with Crippen molar-refractivity contribution in [3.8, 4) is 11.4 Å². The summed E-state index contributed by atoms with van der Waals surface area (Å²) >= 11 is 6.11. The van der Waals surface area contributed by atoms with Crippen LogP contribution in [0.5, 0.6) is 0 Å². The molecule has 2 N–H and O–H groups in total. The normalized spacial score (nSPS) is 12.8. The van der Waals surface area contributed by atoms with Gasteiger partial charge in [-0.2, -0.15) is 5.10 Å². The Morgan fingerprint density at radius 2 is 2.05 bits per heavy atom. The molecular weight excluding hydrogens is 302 g/mol. The minimum atomic E-state index is -0.275. The molecule has 0 aliphatic rings. The summed E-state index contributed by atoms with van der Waals surface area (Å²) in [4.78, 5) is 17.3. The lowest BCUT2D eigenvalue weighted by Crippen LogP contribution is -2.21. The summed E-state index contributed by atoms with van der Waals surface area (Å²) in [6.07, 6.45) is 3.49. The molecule has 0 saturated heterocycles. The van der Waals surface area contributed by atoms with Crippen LogP contribution in [0, 0.1) is 0 Å². The number of hydrogen-bond donors (Lipinski definition) is 1. The highest BCUT2D eigenvalue weighted by molar-refractivity contribution is 6.31. The standard InChI is InChI=1S/C15H16ClN5O/c1-8(17)11-4-10(16)5-12-13(11)19-14(21(3)15(12)22)9-6-18-20(2)7-9/h4-8H,17H2,1-3H3. The number of fused-ring (bicyclic) bond motifs is 1. The van der Waals surface area contributed by atoms with Gasteiger partial charge < -0.3 is 5.73 Å². The zero-order valence-electron chi connectivity index (χ0n) is 12.5. The lowest BCUT2D eigenvalue weighted by molar-refractivity contribution is 0.767. The van der Waals surface area contributed by atoms with E-state index >= 15 is 0 Å². The van der Waals surface area contributed by atoms with Gasteiger partial charge in [0.1, 0.15) is 5.82 Å². The molecule has 1 atom stereocenters. The van der Waals surface area contributed by atoms with Crippen LogP contribution >= 0.6 is 11.6 Å². The van der Waals surface area contributed by atoms with Crippen LogP contribution in [0.25, 0.3) is 22.3 Å². The molecule has 0 spiro atoms. The van der Waals surface area contributed by atoms with Gasteiger partial charge in [-0.3, -0.25) is 14.0 Å². The van der Waals surface area contributed by atoms with E-state index in [4.69, 9.17) is 17.3 Å². The Hall–Kier alpha value is -2.18. The lowest BCUT2D eigenvalue weighted by atomic mass is 10.0. The van der Waals surface area contributed by atoms with Crippen LogP contribution < -0.4 is 11.3 Å². The third-order valence-electron chi connectivity index (χ3n) is 3.63. The summed E-state index contributed by atoms with van der Waals surface area (Å²) in [6.45, 7) is 1.84. The van der Waals surface area contributed by atoms with Crippen molar-refractivity contribution in [3.05, 3.63) is 45.5 Å². The molecule has 0 amide bonds. The van der Waals surface area contributed by atoms with Gasteiger partial charge >= 0.3 is 0 Å². The van der Waals surface area contributed by atoms with Crippen molar-refractivity contribution in [2.75, 3.05) is 0 Å². The first-order valence-electron chi connectivity index (χ1n) is 6.83. The predicted octanol–water partition coefficient (Wildman–Crippen LogP) is 2.01. The van der Waals surface area contributed by atoms with Crippen molar-refractivity contribution >= 4 is 22.5 Å². The van der Waals surface area contributed by atoms with Gasteiger partial charge in [-0.15, -0.1) is 0 Å². The summed E-state index contributed by atoms with van der Waals surface area (Å²) in [5.74, 6) is 0.551. The molecule has 0 fully saturated rings. The fraction of sp³-hybridized carbons (Fsp3) is 0.267. The Morgan fingerprint density at radius 1 is 1.32 bits per heavy atom. The van der Waals surface area contributed by atoms with Gasteiger partial charge in [-0.1, -0.05) is 11.6 Å². The molecule has 22 heavy (non-hydrogen) atoms. The largest absolute Gasteiger partial charge is 0.324 e. The molecular formula is C15H16ClN5O. The summed E-state index contributed by atoms with van der Waals surface area (Å²) < 4.78 is 3.17. The average Bonchev–Trinajstić information content (AvgIpc) is 2.88. The molecule has 0 aliphatic heterocycles. The Kier molecular flexibility index (Phi) is 3.50. The average molecular weight is 318 g/mol. The number of nitrogens with zero attached hydrogens (tertiary/aromatic N) is 4. The summed E-state index contributed by atoms with van der Waals surface area (Å²) in [5.41, 5.74) is 7.96. The molecule has 0 bridgehead atoms. The second kappa shape index (κ2) is 5.23. The number of aromatic nitrogens is 4. The highest BCUT2D eigenvalue weighted by atomic mass is 35.5. The Bertz CT molecular complexity index is 926. The van der Waals surface area contributed by atoms with E-state index in [1.165, 1.54) is 4.57 Å². The van der Waals surface area contributed by atoms with Crippen LogP contribution in [0.1, 0.15) is 18.5 Å². The summed E-state index contributed by atoms with van der Waals surface area (Å²) in [7, 11) is 3.50. The maximum absolute atomic E-state index is 12.7. The Labute approximate surface area is 132 Å². The van der Waals surface area contributed by atoms with Crippen LogP contribution in [-0.2, 0) is 14.1 Å². The SMILES string of the molecule is CC(N)c1cc(Cl)cc2c(=O)n(C)c(-c3cnn(C)c3)nc12. The number of rotatable bonds is 2. The van der Waals surface area contributed by atoms with Crippen molar-refractivity contribution in [2.24, 2.45) is 19.8 Å². The molecule has 6 nitrogen and oxygen atoms in total. The third-order valence-corrected chi connectivity index (χ3v) is 3.85. The van der Waals surface area contributed by atoms with Crippen molar-refractivity contribution in [1.82, 2.24) is 19.3 Å². The first-order chi connectivity index (χ1) is 10.4. The van der Waals surface area contributed by atoms with Gasteiger partial charge in [-0.05, 0) is 24.6 Å². The van der Waals surface area contributed by atoms with E-state index in [0.29, 0.717) is 21.7 Å². The Balaban J connectivity index is 2.42. The molecule has 3 rings (SSSR count). The number of nitrogens with two attached hydrogens (primary N) is 1. The van der Waals surface area contributed by atoms with E-state index in [-0.39, 0.29) is 11.6 Å². The zero-order chi connectivity index (χ0) is 16.0. The maximum Gasteiger partial charge on any atom is 0.261 e. The molecule has 114 valence electrons. The number of hydrogen-bond acceptors (Lipinski definition) is 4. The maximum atomic E-state index is 12.7. The van der Waals surface area contributed by atoms with Crippen LogP contribution in [0.4, 0.5) is 0 Å². The van der Waals surface area contributed by atoms with Crippen LogP contribution in [0.3, 0.4) is 0 Å². The monoisotopic (exact) mass is 317 g/mol. The van der Waals surface area contributed by atoms with Crippen molar-refractivity contribution in [3.63, 3.8) is 0 Å². The van der Waals surface area contributed by atoms with E-state index in [0.717, 1.165) is 11.1 Å². The van der Waals surface area contributed by atoms with Gasteiger partial charge in [0.15, 0.2) is 0 Å². The highest BCUT2D eigenvalue weighted by Gasteiger charge is 2.16. The fourth-order valence-corrected chi connectivity index (χ4v) is 2.73. The third kappa shape index (κ3) is 2.30. The molecule has 3 aromatic rings. The van der Waals surface area contributed by atoms with E-state index < -0.39 is 0 Å². The van der Waals surface area contributed by atoms with Gasteiger partial charge in [-0.25, -0.2) is 4.98 Å².